The molecule has 120 valence electrons. The van der Waals surface area contributed by atoms with Crippen molar-refractivity contribution in [3.63, 3.8) is 0 Å². The fraction of sp³-hybridized carbons (Fsp3) is 0.353. The van der Waals surface area contributed by atoms with Crippen LogP contribution in [0.1, 0.15) is 24.0 Å². The molecule has 6 nitrogen and oxygen atoms in total. The Balaban J connectivity index is 1.87. The molecule has 0 radical (unpaired) electrons. The summed E-state index contributed by atoms with van der Waals surface area (Å²) in [6.07, 6.45) is 1.66. The summed E-state index contributed by atoms with van der Waals surface area (Å²) >= 11 is 0. The van der Waals surface area contributed by atoms with E-state index in [1.165, 1.54) is 11.1 Å². The van der Waals surface area contributed by atoms with Crippen molar-refractivity contribution in [1.29, 1.82) is 0 Å². The lowest BCUT2D eigenvalue weighted by molar-refractivity contribution is -0.119. The molecule has 1 aromatic heterocycles. The number of aromatic nitrogens is 2. The molecule has 1 aliphatic heterocycles. The Bertz CT molecular complexity index is 700. The van der Waals surface area contributed by atoms with E-state index < -0.39 is 0 Å². The minimum atomic E-state index is -0.0255. The fourth-order valence-corrected chi connectivity index (χ4v) is 3.04. The van der Waals surface area contributed by atoms with E-state index in [0.717, 1.165) is 6.54 Å². The SMILES string of the molecule is CC(=O)NC1CN(c2nccc(N)n2)CC1c1ccc(C)cc1. The highest BCUT2D eigenvalue weighted by Gasteiger charge is 2.35. The monoisotopic (exact) mass is 311 g/mol. The normalized spacial score (nSPS) is 20.5. The van der Waals surface area contributed by atoms with Gasteiger partial charge in [-0.2, -0.15) is 4.98 Å². The smallest absolute Gasteiger partial charge is 0.227 e. The number of nitrogens with one attached hydrogen (secondary N) is 1. The van der Waals surface area contributed by atoms with Gasteiger partial charge in [-0.05, 0) is 18.6 Å². The summed E-state index contributed by atoms with van der Waals surface area (Å²) in [5.74, 6) is 1.23. The van der Waals surface area contributed by atoms with Gasteiger partial charge in [-0.25, -0.2) is 4.98 Å². The number of nitrogen functional groups attached to an aromatic ring is 1. The Labute approximate surface area is 135 Å². The molecular weight excluding hydrogens is 290 g/mol. The average Bonchev–Trinajstić information content (AvgIpc) is 2.91. The number of aryl methyl sites for hydroxylation is 1. The summed E-state index contributed by atoms with van der Waals surface area (Å²) in [7, 11) is 0. The standard InChI is InChI=1S/C17H21N5O/c1-11-3-5-13(6-4-11)14-9-22(10-15(14)20-12(2)23)17-19-8-7-16(18)21-17/h3-8,14-15H,9-10H2,1-2H3,(H,20,23)(H2,18,19,21). The van der Waals surface area contributed by atoms with Crippen LogP contribution in [0.25, 0.3) is 0 Å². The van der Waals surface area contributed by atoms with E-state index in [-0.39, 0.29) is 17.9 Å². The highest BCUT2D eigenvalue weighted by molar-refractivity contribution is 5.73. The van der Waals surface area contributed by atoms with Crippen molar-refractivity contribution >= 4 is 17.7 Å². The zero-order chi connectivity index (χ0) is 16.4. The van der Waals surface area contributed by atoms with Crippen molar-refractivity contribution in [1.82, 2.24) is 15.3 Å². The maximum absolute atomic E-state index is 11.5. The van der Waals surface area contributed by atoms with Crippen molar-refractivity contribution in [2.75, 3.05) is 23.7 Å². The highest BCUT2D eigenvalue weighted by Crippen LogP contribution is 2.30. The second kappa shape index (κ2) is 6.24. The van der Waals surface area contributed by atoms with Gasteiger partial charge in [-0.3, -0.25) is 4.79 Å². The molecule has 3 N–H and O–H groups in total. The number of amides is 1. The predicted molar refractivity (Wildman–Crippen MR) is 90.2 cm³/mol. The first-order chi connectivity index (χ1) is 11.0. The molecule has 2 aromatic rings. The number of nitrogens with zero attached hydrogens (tertiary/aromatic N) is 3. The first kappa shape index (κ1) is 15.3. The molecule has 1 amide bonds. The summed E-state index contributed by atoms with van der Waals surface area (Å²) in [5.41, 5.74) is 8.19. The van der Waals surface area contributed by atoms with E-state index in [9.17, 15) is 4.79 Å². The number of benzene rings is 1. The summed E-state index contributed by atoms with van der Waals surface area (Å²) in [6.45, 7) is 5.03. The van der Waals surface area contributed by atoms with Crippen LogP contribution in [0.4, 0.5) is 11.8 Å². The van der Waals surface area contributed by atoms with Crippen molar-refractivity contribution in [3.8, 4) is 0 Å². The lowest BCUT2D eigenvalue weighted by Crippen LogP contribution is -2.38. The molecule has 1 saturated heterocycles. The van der Waals surface area contributed by atoms with Gasteiger partial charge in [0.25, 0.3) is 0 Å². The van der Waals surface area contributed by atoms with Crippen LogP contribution < -0.4 is 16.0 Å². The summed E-state index contributed by atoms with van der Waals surface area (Å²) in [4.78, 5) is 22.2. The molecule has 0 spiro atoms. The molecule has 0 aliphatic carbocycles. The zero-order valence-electron chi connectivity index (χ0n) is 13.4. The number of anilines is 2. The summed E-state index contributed by atoms with van der Waals surface area (Å²) < 4.78 is 0. The van der Waals surface area contributed by atoms with Gasteiger partial charge >= 0.3 is 0 Å². The Morgan fingerprint density at radius 3 is 2.65 bits per heavy atom. The van der Waals surface area contributed by atoms with Gasteiger partial charge in [0.15, 0.2) is 0 Å². The van der Waals surface area contributed by atoms with Crippen molar-refractivity contribution < 1.29 is 4.79 Å². The lowest BCUT2D eigenvalue weighted by Gasteiger charge is -2.19. The van der Waals surface area contributed by atoms with Gasteiger partial charge in [0.1, 0.15) is 5.82 Å². The number of hydrogen-bond acceptors (Lipinski definition) is 5. The maximum Gasteiger partial charge on any atom is 0.227 e. The van der Waals surface area contributed by atoms with Crippen LogP contribution in [0.5, 0.6) is 0 Å². The molecule has 2 unspecified atom stereocenters. The minimum Gasteiger partial charge on any atom is -0.384 e. The Morgan fingerprint density at radius 1 is 1.26 bits per heavy atom. The molecule has 6 heteroatoms. The first-order valence-electron chi connectivity index (χ1n) is 7.70. The van der Waals surface area contributed by atoms with Crippen LogP contribution in [-0.4, -0.2) is 35.0 Å². The van der Waals surface area contributed by atoms with Crippen LogP contribution in [0.2, 0.25) is 0 Å². The summed E-state index contributed by atoms with van der Waals surface area (Å²) in [6, 6.07) is 10.1. The van der Waals surface area contributed by atoms with Crippen LogP contribution in [0.3, 0.4) is 0 Å². The first-order valence-corrected chi connectivity index (χ1v) is 7.70. The molecular formula is C17H21N5O. The number of nitrogens with two attached hydrogens (primary N) is 1. The van der Waals surface area contributed by atoms with Crippen LogP contribution in [0, 0.1) is 6.92 Å². The molecule has 0 bridgehead atoms. The largest absolute Gasteiger partial charge is 0.384 e. The quantitative estimate of drug-likeness (QED) is 0.897. The third-order valence-corrected chi connectivity index (χ3v) is 4.16. The van der Waals surface area contributed by atoms with Crippen molar-refractivity contribution in [2.45, 2.75) is 25.8 Å². The van der Waals surface area contributed by atoms with Crippen LogP contribution >= 0.6 is 0 Å². The third-order valence-electron chi connectivity index (χ3n) is 4.16. The number of rotatable bonds is 3. The van der Waals surface area contributed by atoms with Crippen molar-refractivity contribution in [3.05, 3.63) is 47.7 Å². The number of hydrogen-bond donors (Lipinski definition) is 2. The van der Waals surface area contributed by atoms with E-state index in [0.29, 0.717) is 18.3 Å². The highest BCUT2D eigenvalue weighted by atomic mass is 16.1. The van der Waals surface area contributed by atoms with E-state index >= 15 is 0 Å². The number of carbonyl (C=O) groups is 1. The van der Waals surface area contributed by atoms with E-state index in [4.69, 9.17) is 5.73 Å². The van der Waals surface area contributed by atoms with Crippen LogP contribution in [0.15, 0.2) is 36.5 Å². The second-order valence-electron chi connectivity index (χ2n) is 6.01. The molecule has 3 rings (SSSR count). The maximum atomic E-state index is 11.5. The Morgan fingerprint density at radius 2 is 2.00 bits per heavy atom. The van der Waals surface area contributed by atoms with Gasteiger partial charge in [0.2, 0.25) is 11.9 Å². The Hall–Kier alpha value is -2.63. The van der Waals surface area contributed by atoms with Gasteiger partial charge < -0.3 is 16.0 Å². The average molecular weight is 311 g/mol. The van der Waals surface area contributed by atoms with Gasteiger partial charge in [0, 0.05) is 32.1 Å². The minimum absolute atomic E-state index is 0.0255. The second-order valence-corrected chi connectivity index (χ2v) is 6.01. The fourth-order valence-electron chi connectivity index (χ4n) is 3.04. The van der Waals surface area contributed by atoms with Gasteiger partial charge in [0.05, 0.1) is 6.04 Å². The van der Waals surface area contributed by atoms with Crippen molar-refractivity contribution in [2.24, 2.45) is 0 Å². The molecule has 0 saturated carbocycles. The molecule has 1 aromatic carbocycles. The molecule has 1 aliphatic rings. The predicted octanol–water partition coefficient (Wildman–Crippen LogP) is 1.48. The van der Waals surface area contributed by atoms with E-state index in [1.54, 1.807) is 19.2 Å². The molecule has 23 heavy (non-hydrogen) atoms. The third kappa shape index (κ3) is 3.41. The van der Waals surface area contributed by atoms with Gasteiger partial charge in [-0.15, -0.1) is 0 Å². The lowest BCUT2D eigenvalue weighted by atomic mass is 9.93. The van der Waals surface area contributed by atoms with E-state index in [2.05, 4.69) is 51.4 Å². The van der Waals surface area contributed by atoms with Crippen LogP contribution in [-0.2, 0) is 4.79 Å². The van der Waals surface area contributed by atoms with E-state index in [1.807, 2.05) is 0 Å². The Kier molecular flexibility index (Phi) is 4.14. The summed E-state index contributed by atoms with van der Waals surface area (Å²) in [5, 5.41) is 3.05. The molecule has 2 atom stereocenters. The molecule has 2 heterocycles. The topological polar surface area (TPSA) is 84.1 Å². The molecule has 1 fully saturated rings. The van der Waals surface area contributed by atoms with Gasteiger partial charge in [-0.1, -0.05) is 29.8 Å². The number of carbonyl (C=O) groups excluding carboxylic acids is 1. The zero-order valence-corrected chi connectivity index (χ0v) is 13.4.